The summed E-state index contributed by atoms with van der Waals surface area (Å²) in [5, 5.41) is 16.4. The topological polar surface area (TPSA) is 53.5 Å². The second-order valence-electron chi connectivity index (χ2n) is 4.89. The van der Waals surface area contributed by atoms with Crippen molar-refractivity contribution in [2.45, 2.75) is 24.9 Å². The highest BCUT2D eigenvalue weighted by atomic mass is 16.5. The SMILES string of the molecule is COc1ccc(CNC2(CO)CCNCC2)cc1. The fraction of sp³-hybridized carbons (Fsp3) is 0.571. The lowest BCUT2D eigenvalue weighted by atomic mass is 9.89. The number of rotatable bonds is 5. The zero-order valence-corrected chi connectivity index (χ0v) is 10.9. The van der Waals surface area contributed by atoms with Crippen LogP contribution in [0.3, 0.4) is 0 Å². The van der Waals surface area contributed by atoms with E-state index in [1.807, 2.05) is 12.1 Å². The van der Waals surface area contributed by atoms with Gasteiger partial charge in [0.1, 0.15) is 5.75 Å². The fourth-order valence-corrected chi connectivity index (χ4v) is 2.33. The van der Waals surface area contributed by atoms with Crippen molar-refractivity contribution in [3.05, 3.63) is 29.8 Å². The second kappa shape index (κ2) is 6.18. The standard InChI is InChI=1S/C14H22N2O2/c1-18-13-4-2-12(3-5-13)10-16-14(11-17)6-8-15-9-7-14/h2-5,15-17H,6-11H2,1H3. The van der Waals surface area contributed by atoms with E-state index in [0.717, 1.165) is 38.2 Å². The molecule has 1 aromatic carbocycles. The van der Waals surface area contributed by atoms with Crippen LogP contribution in [0, 0.1) is 0 Å². The number of ether oxygens (including phenoxy) is 1. The third-order valence-corrected chi connectivity index (χ3v) is 3.69. The summed E-state index contributed by atoms with van der Waals surface area (Å²) in [6, 6.07) is 8.03. The summed E-state index contributed by atoms with van der Waals surface area (Å²) in [6.07, 6.45) is 1.94. The van der Waals surface area contributed by atoms with E-state index in [1.165, 1.54) is 5.56 Å². The zero-order chi connectivity index (χ0) is 12.8. The minimum absolute atomic E-state index is 0.120. The average molecular weight is 250 g/mol. The summed E-state index contributed by atoms with van der Waals surface area (Å²) < 4.78 is 5.14. The van der Waals surface area contributed by atoms with Crippen LogP contribution in [-0.4, -0.2) is 37.5 Å². The molecule has 18 heavy (non-hydrogen) atoms. The number of benzene rings is 1. The lowest BCUT2D eigenvalue weighted by Gasteiger charge is -2.37. The van der Waals surface area contributed by atoms with Crippen LogP contribution in [0.2, 0.25) is 0 Å². The smallest absolute Gasteiger partial charge is 0.118 e. The Labute approximate surface area is 108 Å². The van der Waals surface area contributed by atoms with Gasteiger partial charge < -0.3 is 20.5 Å². The first-order valence-corrected chi connectivity index (χ1v) is 6.47. The normalized spacial score (nSPS) is 18.6. The van der Waals surface area contributed by atoms with Crippen LogP contribution in [0.25, 0.3) is 0 Å². The number of piperidine rings is 1. The van der Waals surface area contributed by atoms with Gasteiger partial charge >= 0.3 is 0 Å². The predicted molar refractivity (Wildman–Crippen MR) is 71.8 cm³/mol. The molecule has 0 aliphatic carbocycles. The number of aliphatic hydroxyl groups is 1. The van der Waals surface area contributed by atoms with E-state index < -0.39 is 0 Å². The highest BCUT2D eigenvalue weighted by Gasteiger charge is 2.30. The van der Waals surface area contributed by atoms with Gasteiger partial charge in [0, 0.05) is 12.1 Å². The molecule has 100 valence electrons. The van der Waals surface area contributed by atoms with Gasteiger partial charge in [-0.3, -0.25) is 0 Å². The molecule has 4 heteroatoms. The molecule has 0 bridgehead atoms. The van der Waals surface area contributed by atoms with Gasteiger partial charge in [0.05, 0.1) is 13.7 Å². The Kier molecular flexibility index (Phi) is 4.58. The zero-order valence-electron chi connectivity index (χ0n) is 10.9. The molecular formula is C14H22N2O2. The van der Waals surface area contributed by atoms with Crippen molar-refractivity contribution in [1.82, 2.24) is 10.6 Å². The lowest BCUT2D eigenvalue weighted by molar-refractivity contribution is 0.126. The summed E-state index contributed by atoms with van der Waals surface area (Å²) in [4.78, 5) is 0. The molecule has 3 N–H and O–H groups in total. The first-order chi connectivity index (χ1) is 8.78. The van der Waals surface area contributed by atoms with Crippen LogP contribution in [0.15, 0.2) is 24.3 Å². The third-order valence-electron chi connectivity index (χ3n) is 3.69. The summed E-state index contributed by atoms with van der Waals surface area (Å²) in [7, 11) is 1.67. The molecule has 2 rings (SSSR count). The maximum Gasteiger partial charge on any atom is 0.118 e. The van der Waals surface area contributed by atoms with E-state index in [2.05, 4.69) is 22.8 Å². The Balaban J connectivity index is 1.92. The largest absolute Gasteiger partial charge is 0.497 e. The molecule has 0 atom stereocenters. The van der Waals surface area contributed by atoms with Crippen molar-refractivity contribution in [2.24, 2.45) is 0 Å². The van der Waals surface area contributed by atoms with Gasteiger partial charge in [-0.05, 0) is 43.6 Å². The molecule has 1 heterocycles. The van der Waals surface area contributed by atoms with Gasteiger partial charge in [-0.15, -0.1) is 0 Å². The van der Waals surface area contributed by atoms with Crippen LogP contribution in [-0.2, 0) is 6.54 Å². The monoisotopic (exact) mass is 250 g/mol. The molecule has 1 saturated heterocycles. The molecule has 0 radical (unpaired) electrons. The average Bonchev–Trinajstić information content (AvgIpc) is 2.47. The number of hydrogen-bond acceptors (Lipinski definition) is 4. The maximum atomic E-state index is 9.59. The molecule has 0 amide bonds. The maximum absolute atomic E-state index is 9.59. The molecule has 4 nitrogen and oxygen atoms in total. The molecule has 1 aliphatic rings. The summed E-state index contributed by atoms with van der Waals surface area (Å²) in [5.41, 5.74) is 1.09. The minimum Gasteiger partial charge on any atom is -0.497 e. The Morgan fingerprint density at radius 1 is 1.28 bits per heavy atom. The summed E-state index contributed by atoms with van der Waals surface area (Å²) in [6.45, 7) is 2.92. The van der Waals surface area contributed by atoms with Crippen molar-refractivity contribution in [2.75, 3.05) is 26.8 Å². The second-order valence-corrected chi connectivity index (χ2v) is 4.89. The van der Waals surface area contributed by atoms with Gasteiger partial charge in [-0.25, -0.2) is 0 Å². The summed E-state index contributed by atoms with van der Waals surface area (Å²) >= 11 is 0. The quantitative estimate of drug-likeness (QED) is 0.727. The van der Waals surface area contributed by atoms with Crippen LogP contribution in [0.1, 0.15) is 18.4 Å². The number of nitrogens with one attached hydrogen (secondary N) is 2. The molecule has 1 fully saturated rings. The molecular weight excluding hydrogens is 228 g/mol. The van der Waals surface area contributed by atoms with Crippen molar-refractivity contribution in [1.29, 1.82) is 0 Å². The van der Waals surface area contributed by atoms with E-state index >= 15 is 0 Å². The van der Waals surface area contributed by atoms with E-state index in [9.17, 15) is 5.11 Å². The van der Waals surface area contributed by atoms with Gasteiger partial charge in [0.25, 0.3) is 0 Å². The highest BCUT2D eigenvalue weighted by Crippen LogP contribution is 2.19. The van der Waals surface area contributed by atoms with Crippen LogP contribution < -0.4 is 15.4 Å². The molecule has 0 aromatic heterocycles. The van der Waals surface area contributed by atoms with Crippen molar-refractivity contribution >= 4 is 0 Å². The van der Waals surface area contributed by atoms with E-state index in [1.54, 1.807) is 7.11 Å². The first kappa shape index (κ1) is 13.3. The first-order valence-electron chi connectivity index (χ1n) is 6.47. The molecule has 0 spiro atoms. The number of aliphatic hydroxyl groups excluding tert-OH is 1. The Morgan fingerprint density at radius 3 is 2.50 bits per heavy atom. The van der Waals surface area contributed by atoms with E-state index in [0.29, 0.717) is 0 Å². The van der Waals surface area contributed by atoms with Crippen LogP contribution in [0.5, 0.6) is 5.75 Å². The molecule has 0 unspecified atom stereocenters. The molecule has 1 aromatic rings. The molecule has 1 aliphatic heterocycles. The van der Waals surface area contributed by atoms with Crippen molar-refractivity contribution in [3.63, 3.8) is 0 Å². The molecule has 0 saturated carbocycles. The van der Waals surface area contributed by atoms with Crippen LogP contribution >= 0.6 is 0 Å². The van der Waals surface area contributed by atoms with Crippen molar-refractivity contribution in [3.8, 4) is 5.75 Å². The number of hydrogen-bond donors (Lipinski definition) is 3. The Hall–Kier alpha value is -1.10. The Morgan fingerprint density at radius 2 is 1.94 bits per heavy atom. The third kappa shape index (κ3) is 3.22. The van der Waals surface area contributed by atoms with Gasteiger partial charge in [0.15, 0.2) is 0 Å². The minimum atomic E-state index is -0.120. The van der Waals surface area contributed by atoms with Gasteiger partial charge in [-0.2, -0.15) is 0 Å². The summed E-state index contributed by atoms with van der Waals surface area (Å²) in [5.74, 6) is 0.873. The van der Waals surface area contributed by atoms with E-state index in [4.69, 9.17) is 4.74 Å². The van der Waals surface area contributed by atoms with E-state index in [-0.39, 0.29) is 12.1 Å². The highest BCUT2D eigenvalue weighted by molar-refractivity contribution is 5.27. The van der Waals surface area contributed by atoms with Crippen LogP contribution in [0.4, 0.5) is 0 Å². The fourth-order valence-electron chi connectivity index (χ4n) is 2.33. The van der Waals surface area contributed by atoms with Gasteiger partial charge in [-0.1, -0.05) is 12.1 Å². The predicted octanol–water partition coefficient (Wildman–Crippen LogP) is 0.899. The Bertz CT molecular complexity index is 359. The number of methoxy groups -OCH3 is 1. The van der Waals surface area contributed by atoms with Gasteiger partial charge in [0.2, 0.25) is 0 Å². The lowest BCUT2D eigenvalue weighted by Crippen LogP contribution is -2.54. The van der Waals surface area contributed by atoms with Crippen molar-refractivity contribution < 1.29 is 9.84 Å².